The molecule has 0 saturated heterocycles. The average Bonchev–Trinajstić information content (AvgIpc) is 2.46. The summed E-state index contributed by atoms with van der Waals surface area (Å²) in [5.74, 6) is 0.318. The van der Waals surface area contributed by atoms with Crippen LogP contribution in [0, 0.1) is 0 Å². The monoisotopic (exact) mass is 328 g/mol. The highest BCUT2D eigenvalue weighted by atomic mass is 35.5. The van der Waals surface area contributed by atoms with Crippen molar-refractivity contribution in [2.45, 2.75) is 6.18 Å². The number of alkyl halides is 3. The Morgan fingerprint density at radius 2 is 2.09 bits per heavy atom. The number of hydrogen-bond donors (Lipinski definition) is 1. The third-order valence-corrected chi connectivity index (χ3v) is 2.90. The zero-order chi connectivity index (χ0) is 16.2. The van der Waals surface area contributed by atoms with E-state index >= 15 is 0 Å². The topological polar surface area (TPSA) is 34.1 Å². The first-order chi connectivity index (χ1) is 10.4. The first-order valence-corrected chi connectivity index (χ1v) is 6.63. The minimum Gasteiger partial charge on any atom is -0.437 e. The van der Waals surface area contributed by atoms with Crippen LogP contribution in [0.4, 0.5) is 18.9 Å². The van der Waals surface area contributed by atoms with Gasteiger partial charge in [0.2, 0.25) is 5.88 Å². The molecule has 116 valence electrons. The molecule has 1 N–H and O–H groups in total. The van der Waals surface area contributed by atoms with Crippen LogP contribution in [0.2, 0.25) is 5.02 Å². The zero-order valence-electron chi connectivity index (χ0n) is 11.3. The summed E-state index contributed by atoms with van der Waals surface area (Å²) >= 11 is 5.79. The molecule has 0 radical (unpaired) electrons. The fraction of sp³-hybridized carbons (Fsp3) is 0.133. The summed E-state index contributed by atoms with van der Waals surface area (Å²) < 4.78 is 43.0. The predicted octanol–water partition coefficient (Wildman–Crippen LogP) is 5.14. The van der Waals surface area contributed by atoms with E-state index in [9.17, 15) is 13.2 Å². The van der Waals surface area contributed by atoms with Crippen LogP contribution in [0.5, 0.6) is 11.6 Å². The van der Waals surface area contributed by atoms with Crippen LogP contribution >= 0.6 is 11.6 Å². The molecule has 0 saturated carbocycles. The molecule has 0 spiro atoms. The van der Waals surface area contributed by atoms with Gasteiger partial charge in [0.1, 0.15) is 10.8 Å². The van der Waals surface area contributed by atoms with Crippen molar-refractivity contribution in [1.29, 1.82) is 0 Å². The van der Waals surface area contributed by atoms with E-state index in [-0.39, 0.29) is 10.9 Å². The van der Waals surface area contributed by atoms with Crippen LogP contribution in [0.1, 0.15) is 5.56 Å². The lowest BCUT2D eigenvalue weighted by molar-refractivity contribution is -0.137. The summed E-state index contributed by atoms with van der Waals surface area (Å²) in [7, 11) is 0. The maximum Gasteiger partial charge on any atom is 0.417 e. The molecule has 2 aromatic rings. The van der Waals surface area contributed by atoms with Gasteiger partial charge in [-0.25, -0.2) is 4.98 Å². The Balaban J connectivity index is 2.18. The maximum atomic E-state index is 12.5. The molecule has 1 aromatic heterocycles. The maximum absolute atomic E-state index is 12.5. The number of benzene rings is 1. The first-order valence-electron chi connectivity index (χ1n) is 6.25. The van der Waals surface area contributed by atoms with Crippen LogP contribution in [0.15, 0.2) is 49.2 Å². The van der Waals surface area contributed by atoms with Gasteiger partial charge in [0.25, 0.3) is 0 Å². The minimum absolute atomic E-state index is 0.0875. The second-order valence-corrected chi connectivity index (χ2v) is 4.72. The molecule has 7 heteroatoms. The number of aromatic nitrogens is 1. The van der Waals surface area contributed by atoms with Crippen molar-refractivity contribution in [2.24, 2.45) is 0 Å². The molecule has 0 aliphatic carbocycles. The number of ether oxygens (including phenoxy) is 1. The molecule has 3 nitrogen and oxygen atoms in total. The van der Waals surface area contributed by atoms with Gasteiger partial charge in [0.05, 0.1) is 5.56 Å². The molecule has 0 unspecified atom stereocenters. The van der Waals surface area contributed by atoms with Gasteiger partial charge in [-0.3, -0.25) is 0 Å². The molecular formula is C15H12ClF3N2O. The van der Waals surface area contributed by atoms with Gasteiger partial charge < -0.3 is 10.1 Å². The van der Waals surface area contributed by atoms with Crippen molar-refractivity contribution >= 4 is 17.3 Å². The van der Waals surface area contributed by atoms with E-state index in [0.717, 1.165) is 11.8 Å². The average molecular weight is 329 g/mol. The van der Waals surface area contributed by atoms with Gasteiger partial charge in [-0.1, -0.05) is 23.7 Å². The quantitative estimate of drug-likeness (QED) is 0.771. The summed E-state index contributed by atoms with van der Waals surface area (Å²) in [5.41, 5.74) is -0.147. The summed E-state index contributed by atoms with van der Waals surface area (Å²) in [5, 5.41) is 2.85. The van der Waals surface area contributed by atoms with E-state index in [2.05, 4.69) is 16.9 Å². The van der Waals surface area contributed by atoms with Crippen molar-refractivity contribution < 1.29 is 17.9 Å². The number of halogens is 4. The molecule has 0 atom stereocenters. The van der Waals surface area contributed by atoms with Crippen molar-refractivity contribution in [3.63, 3.8) is 0 Å². The predicted molar refractivity (Wildman–Crippen MR) is 79.5 cm³/mol. The fourth-order valence-corrected chi connectivity index (χ4v) is 1.83. The molecule has 0 amide bonds. The normalized spacial score (nSPS) is 11.1. The molecule has 0 fully saturated rings. The second kappa shape index (κ2) is 6.70. The van der Waals surface area contributed by atoms with E-state index in [1.54, 1.807) is 24.3 Å². The number of pyridine rings is 1. The summed E-state index contributed by atoms with van der Waals surface area (Å²) in [6.45, 7) is 4.16. The van der Waals surface area contributed by atoms with E-state index in [0.29, 0.717) is 18.5 Å². The van der Waals surface area contributed by atoms with Gasteiger partial charge in [-0.05, 0) is 18.2 Å². The SMILES string of the molecule is C=CCNc1cccc(Oc2ncc(C(F)(F)F)cc2Cl)c1. The number of anilines is 1. The van der Waals surface area contributed by atoms with Gasteiger partial charge in [-0.15, -0.1) is 6.58 Å². The molecule has 0 aliphatic rings. The Hall–Kier alpha value is -2.21. The standard InChI is InChI=1S/C15H12ClF3N2O/c1-2-6-20-11-4-3-5-12(8-11)22-14-13(16)7-10(9-21-14)15(17,18)19/h2-5,7-9,20H,1,6H2. The molecule has 0 bridgehead atoms. The lowest BCUT2D eigenvalue weighted by Gasteiger charge is -2.11. The highest BCUT2D eigenvalue weighted by molar-refractivity contribution is 6.31. The van der Waals surface area contributed by atoms with E-state index in [1.807, 2.05) is 6.07 Å². The Labute approximate surface area is 130 Å². The van der Waals surface area contributed by atoms with Gasteiger partial charge in [0, 0.05) is 24.5 Å². The highest BCUT2D eigenvalue weighted by Gasteiger charge is 2.31. The summed E-state index contributed by atoms with van der Waals surface area (Å²) in [6.07, 6.45) is -2.12. The van der Waals surface area contributed by atoms with Crippen LogP contribution < -0.4 is 10.1 Å². The number of nitrogens with zero attached hydrogens (tertiary/aromatic N) is 1. The fourth-order valence-electron chi connectivity index (χ4n) is 1.63. The lowest BCUT2D eigenvalue weighted by atomic mass is 10.3. The molecule has 1 heterocycles. The van der Waals surface area contributed by atoms with Crippen LogP contribution in [0.3, 0.4) is 0 Å². The largest absolute Gasteiger partial charge is 0.437 e. The summed E-state index contributed by atoms with van der Waals surface area (Å²) in [4.78, 5) is 3.62. The lowest BCUT2D eigenvalue weighted by Crippen LogP contribution is -2.05. The van der Waals surface area contributed by atoms with Crippen LogP contribution in [-0.4, -0.2) is 11.5 Å². The van der Waals surface area contributed by atoms with Gasteiger partial charge in [0.15, 0.2) is 0 Å². The zero-order valence-corrected chi connectivity index (χ0v) is 12.1. The van der Waals surface area contributed by atoms with Gasteiger partial charge >= 0.3 is 6.18 Å². The van der Waals surface area contributed by atoms with Crippen molar-refractivity contribution in [2.75, 3.05) is 11.9 Å². The highest BCUT2D eigenvalue weighted by Crippen LogP contribution is 2.34. The van der Waals surface area contributed by atoms with Crippen LogP contribution in [0.25, 0.3) is 0 Å². The van der Waals surface area contributed by atoms with E-state index in [1.165, 1.54) is 0 Å². The molecule has 1 aromatic carbocycles. The van der Waals surface area contributed by atoms with Crippen molar-refractivity contribution in [3.8, 4) is 11.6 Å². The van der Waals surface area contributed by atoms with E-state index in [4.69, 9.17) is 16.3 Å². The number of rotatable bonds is 5. The number of nitrogens with one attached hydrogen (secondary N) is 1. The smallest absolute Gasteiger partial charge is 0.417 e. The summed E-state index contributed by atoms with van der Waals surface area (Å²) in [6, 6.07) is 7.66. The Kier molecular flexibility index (Phi) is 4.92. The molecule has 22 heavy (non-hydrogen) atoms. The Morgan fingerprint density at radius 1 is 1.32 bits per heavy atom. The molecule has 0 aliphatic heterocycles. The Bertz CT molecular complexity index is 674. The van der Waals surface area contributed by atoms with Crippen LogP contribution in [-0.2, 0) is 6.18 Å². The third-order valence-electron chi connectivity index (χ3n) is 2.63. The van der Waals surface area contributed by atoms with Gasteiger partial charge in [-0.2, -0.15) is 13.2 Å². The molecule has 2 rings (SSSR count). The first kappa shape index (κ1) is 16.2. The van der Waals surface area contributed by atoms with Crippen molar-refractivity contribution in [1.82, 2.24) is 4.98 Å². The minimum atomic E-state index is -4.50. The number of hydrogen-bond acceptors (Lipinski definition) is 3. The Morgan fingerprint density at radius 3 is 2.73 bits per heavy atom. The second-order valence-electron chi connectivity index (χ2n) is 4.31. The third kappa shape index (κ3) is 4.14. The molecular weight excluding hydrogens is 317 g/mol. The van der Waals surface area contributed by atoms with E-state index < -0.39 is 11.7 Å². The van der Waals surface area contributed by atoms with Crippen molar-refractivity contribution in [3.05, 3.63) is 59.8 Å².